The second-order valence-corrected chi connectivity index (χ2v) is 5.17. The second kappa shape index (κ2) is 6.66. The number of carbonyl (C=O) groups excluding carboxylic acids is 1. The first-order valence-electron chi connectivity index (χ1n) is 6.32. The molecule has 0 aliphatic heterocycles. The van der Waals surface area contributed by atoms with Crippen LogP contribution in [0.3, 0.4) is 0 Å². The lowest BCUT2D eigenvalue weighted by atomic mass is 10.0. The number of benzene rings is 2. The molecule has 0 aliphatic carbocycles. The monoisotopic (exact) mass is 336 g/mol. The number of halogens is 2. The molecule has 4 heteroatoms. The summed E-state index contributed by atoms with van der Waals surface area (Å²) in [6, 6.07) is 13.1. The number of rotatable bonds is 5. The Labute approximate surface area is 125 Å². The largest absolute Gasteiger partial charge is 0.481 e. The SMILES string of the molecule is CCC(Oc1ccc(F)cc1Br)C(=O)c1ccccc1. The maximum atomic E-state index is 13.0. The summed E-state index contributed by atoms with van der Waals surface area (Å²) in [6.45, 7) is 1.88. The van der Waals surface area contributed by atoms with Crippen LogP contribution in [0.1, 0.15) is 23.7 Å². The van der Waals surface area contributed by atoms with Crippen LogP contribution in [0, 0.1) is 5.82 Å². The van der Waals surface area contributed by atoms with E-state index in [0.717, 1.165) is 0 Å². The van der Waals surface area contributed by atoms with Gasteiger partial charge in [-0.25, -0.2) is 4.39 Å². The number of Topliss-reactive ketones (excluding diaryl/α,β-unsaturated/α-hetero) is 1. The third-order valence-electron chi connectivity index (χ3n) is 2.88. The Morgan fingerprint density at radius 3 is 2.55 bits per heavy atom. The molecule has 104 valence electrons. The van der Waals surface area contributed by atoms with Crippen molar-refractivity contribution in [1.29, 1.82) is 0 Å². The molecule has 0 bridgehead atoms. The zero-order valence-corrected chi connectivity index (χ0v) is 12.6. The maximum absolute atomic E-state index is 13.0. The normalized spacial score (nSPS) is 11.9. The van der Waals surface area contributed by atoms with E-state index in [2.05, 4.69) is 15.9 Å². The van der Waals surface area contributed by atoms with Gasteiger partial charge >= 0.3 is 0 Å². The summed E-state index contributed by atoms with van der Waals surface area (Å²) in [5.74, 6) is 0.0264. The van der Waals surface area contributed by atoms with Crippen molar-refractivity contribution in [1.82, 2.24) is 0 Å². The van der Waals surface area contributed by atoms with Gasteiger partial charge in [0.25, 0.3) is 0 Å². The van der Waals surface area contributed by atoms with Crippen LogP contribution in [0.4, 0.5) is 4.39 Å². The van der Waals surface area contributed by atoms with Crippen LogP contribution >= 0.6 is 15.9 Å². The van der Waals surface area contributed by atoms with Crippen molar-refractivity contribution in [3.05, 3.63) is 64.4 Å². The van der Waals surface area contributed by atoms with Gasteiger partial charge in [0.05, 0.1) is 4.47 Å². The molecule has 0 aliphatic rings. The predicted molar refractivity (Wildman–Crippen MR) is 79.6 cm³/mol. The number of carbonyl (C=O) groups is 1. The Morgan fingerprint density at radius 1 is 1.25 bits per heavy atom. The van der Waals surface area contributed by atoms with Crippen LogP contribution < -0.4 is 4.74 Å². The molecule has 0 radical (unpaired) electrons. The van der Waals surface area contributed by atoms with Gasteiger partial charge in [0, 0.05) is 5.56 Å². The quantitative estimate of drug-likeness (QED) is 0.744. The fourth-order valence-electron chi connectivity index (χ4n) is 1.83. The average molecular weight is 337 g/mol. The molecule has 0 saturated heterocycles. The Balaban J connectivity index is 2.19. The van der Waals surface area contributed by atoms with E-state index in [1.807, 2.05) is 25.1 Å². The highest BCUT2D eigenvalue weighted by molar-refractivity contribution is 9.10. The molecule has 1 unspecified atom stereocenters. The Morgan fingerprint density at radius 2 is 1.95 bits per heavy atom. The van der Waals surface area contributed by atoms with Crippen molar-refractivity contribution in [2.45, 2.75) is 19.4 Å². The minimum absolute atomic E-state index is 0.0793. The summed E-state index contributed by atoms with van der Waals surface area (Å²) in [5, 5.41) is 0. The van der Waals surface area contributed by atoms with E-state index in [1.165, 1.54) is 18.2 Å². The molecule has 2 aromatic rings. The molecule has 0 saturated carbocycles. The van der Waals surface area contributed by atoms with E-state index in [1.54, 1.807) is 12.1 Å². The molecule has 0 fully saturated rings. The van der Waals surface area contributed by atoms with Crippen molar-refractivity contribution in [3.8, 4) is 5.75 Å². The maximum Gasteiger partial charge on any atom is 0.203 e. The third kappa shape index (κ3) is 3.45. The molecule has 2 nitrogen and oxygen atoms in total. The van der Waals surface area contributed by atoms with Gasteiger partial charge in [-0.3, -0.25) is 4.79 Å². The van der Waals surface area contributed by atoms with Crippen LogP contribution in [-0.4, -0.2) is 11.9 Å². The van der Waals surface area contributed by atoms with Gasteiger partial charge in [0.15, 0.2) is 6.10 Å². The van der Waals surface area contributed by atoms with E-state index in [0.29, 0.717) is 22.2 Å². The van der Waals surface area contributed by atoms with E-state index < -0.39 is 6.10 Å². The minimum atomic E-state index is -0.584. The topological polar surface area (TPSA) is 26.3 Å². The Hall–Kier alpha value is -1.68. The number of ether oxygens (including phenoxy) is 1. The summed E-state index contributed by atoms with van der Waals surface area (Å²) in [6.07, 6.45) is -0.0449. The van der Waals surface area contributed by atoms with Gasteiger partial charge in [-0.1, -0.05) is 37.3 Å². The van der Waals surface area contributed by atoms with E-state index in [4.69, 9.17) is 4.74 Å². The molecule has 0 aromatic heterocycles. The van der Waals surface area contributed by atoms with Crippen molar-refractivity contribution in [2.75, 3.05) is 0 Å². The van der Waals surface area contributed by atoms with Crippen molar-refractivity contribution >= 4 is 21.7 Å². The van der Waals surface area contributed by atoms with Crippen LogP contribution in [0.2, 0.25) is 0 Å². The highest BCUT2D eigenvalue weighted by Crippen LogP contribution is 2.27. The first kappa shape index (κ1) is 14.7. The Kier molecular flexibility index (Phi) is 4.90. The van der Waals surface area contributed by atoms with Crippen LogP contribution in [-0.2, 0) is 0 Å². The molecule has 0 N–H and O–H groups in total. The summed E-state index contributed by atoms with van der Waals surface area (Å²) >= 11 is 3.23. The molecular formula is C16H14BrFO2. The summed E-state index contributed by atoms with van der Waals surface area (Å²) in [7, 11) is 0. The highest BCUT2D eigenvalue weighted by Gasteiger charge is 2.20. The standard InChI is InChI=1S/C16H14BrFO2/c1-2-14(16(19)11-6-4-3-5-7-11)20-15-9-8-12(18)10-13(15)17/h3-10,14H,2H2,1H3. The third-order valence-corrected chi connectivity index (χ3v) is 3.50. The highest BCUT2D eigenvalue weighted by atomic mass is 79.9. The van der Waals surface area contributed by atoms with Crippen LogP contribution in [0.15, 0.2) is 53.0 Å². The molecule has 0 heterocycles. The van der Waals surface area contributed by atoms with E-state index >= 15 is 0 Å². The van der Waals surface area contributed by atoms with Gasteiger partial charge in [-0.15, -0.1) is 0 Å². The number of ketones is 1. The minimum Gasteiger partial charge on any atom is -0.481 e. The molecule has 0 amide bonds. The summed E-state index contributed by atoms with van der Waals surface area (Å²) < 4.78 is 19.2. The van der Waals surface area contributed by atoms with Crippen molar-refractivity contribution in [2.24, 2.45) is 0 Å². The van der Waals surface area contributed by atoms with Crippen LogP contribution in [0.25, 0.3) is 0 Å². The van der Waals surface area contributed by atoms with E-state index in [9.17, 15) is 9.18 Å². The molecule has 20 heavy (non-hydrogen) atoms. The molecule has 2 rings (SSSR count). The second-order valence-electron chi connectivity index (χ2n) is 4.32. The van der Waals surface area contributed by atoms with Gasteiger partial charge in [0.1, 0.15) is 11.6 Å². The average Bonchev–Trinajstić information content (AvgIpc) is 2.47. The van der Waals surface area contributed by atoms with Crippen molar-refractivity contribution < 1.29 is 13.9 Å². The van der Waals surface area contributed by atoms with Crippen LogP contribution in [0.5, 0.6) is 5.75 Å². The van der Waals surface area contributed by atoms with Gasteiger partial charge < -0.3 is 4.74 Å². The molecule has 1 atom stereocenters. The molecule has 0 spiro atoms. The zero-order valence-electron chi connectivity index (χ0n) is 11.0. The first-order valence-corrected chi connectivity index (χ1v) is 7.12. The lowest BCUT2D eigenvalue weighted by Crippen LogP contribution is -2.26. The fourth-order valence-corrected chi connectivity index (χ4v) is 2.28. The molecular weight excluding hydrogens is 323 g/mol. The number of hydrogen-bond donors (Lipinski definition) is 0. The Bertz CT molecular complexity index is 599. The molecule has 2 aromatic carbocycles. The summed E-state index contributed by atoms with van der Waals surface area (Å²) in [4.78, 5) is 12.3. The predicted octanol–water partition coefficient (Wildman–Crippen LogP) is 4.63. The van der Waals surface area contributed by atoms with Crippen molar-refractivity contribution in [3.63, 3.8) is 0 Å². The van der Waals surface area contributed by atoms with Gasteiger partial charge in [-0.05, 0) is 40.5 Å². The lowest BCUT2D eigenvalue weighted by molar-refractivity contribution is 0.0785. The first-order chi connectivity index (χ1) is 9.61. The zero-order chi connectivity index (χ0) is 14.5. The number of hydrogen-bond acceptors (Lipinski definition) is 2. The van der Waals surface area contributed by atoms with Gasteiger partial charge in [-0.2, -0.15) is 0 Å². The van der Waals surface area contributed by atoms with Gasteiger partial charge in [0.2, 0.25) is 5.78 Å². The lowest BCUT2D eigenvalue weighted by Gasteiger charge is -2.17. The summed E-state index contributed by atoms with van der Waals surface area (Å²) in [5.41, 5.74) is 0.609. The fraction of sp³-hybridized carbons (Fsp3) is 0.188. The van der Waals surface area contributed by atoms with E-state index in [-0.39, 0.29) is 11.6 Å². The smallest absolute Gasteiger partial charge is 0.203 e.